The molecule has 8 heteroatoms. The van der Waals surface area contributed by atoms with E-state index in [1.165, 1.54) is 16.9 Å². The lowest BCUT2D eigenvalue weighted by atomic mass is 10.5. The first-order valence-corrected chi connectivity index (χ1v) is 5.49. The van der Waals surface area contributed by atoms with Gasteiger partial charge in [-0.25, -0.2) is 14.1 Å². The van der Waals surface area contributed by atoms with Crippen LogP contribution in [0.25, 0.3) is 0 Å². The van der Waals surface area contributed by atoms with E-state index < -0.39 is 5.82 Å². The first-order valence-electron chi connectivity index (χ1n) is 3.88. The van der Waals surface area contributed by atoms with Crippen molar-refractivity contribution in [3.8, 4) is 0 Å². The standard InChI is InChI=1S/C7H5BrFN5S/c1-14-7(11-12-13-14)15-6-5(9)2-4(8)3-10-6/h2-3H,1H3. The van der Waals surface area contributed by atoms with Crippen molar-refractivity contribution in [3.05, 3.63) is 22.6 Å². The Labute approximate surface area is 97.2 Å². The summed E-state index contributed by atoms with van der Waals surface area (Å²) >= 11 is 4.21. The van der Waals surface area contributed by atoms with Gasteiger partial charge in [-0.1, -0.05) is 0 Å². The van der Waals surface area contributed by atoms with Crippen molar-refractivity contribution in [1.82, 2.24) is 25.2 Å². The maximum atomic E-state index is 13.4. The van der Waals surface area contributed by atoms with Crippen LogP contribution in [0.15, 0.2) is 26.9 Å². The van der Waals surface area contributed by atoms with Crippen LogP contribution in [0.2, 0.25) is 0 Å². The molecular formula is C7H5BrFN5S. The van der Waals surface area contributed by atoms with Gasteiger partial charge in [-0.15, -0.1) is 5.10 Å². The van der Waals surface area contributed by atoms with Gasteiger partial charge in [0.05, 0.1) is 0 Å². The zero-order valence-electron chi connectivity index (χ0n) is 7.55. The predicted octanol–water partition coefficient (Wildman–Crippen LogP) is 1.66. The predicted molar refractivity (Wildman–Crippen MR) is 54.8 cm³/mol. The molecule has 0 aliphatic heterocycles. The van der Waals surface area contributed by atoms with Crippen LogP contribution in [0.1, 0.15) is 0 Å². The Morgan fingerprint density at radius 2 is 2.33 bits per heavy atom. The third-order valence-corrected chi connectivity index (χ3v) is 3.00. The lowest BCUT2D eigenvalue weighted by Crippen LogP contribution is -1.94. The largest absolute Gasteiger partial charge is 0.245 e. The second-order valence-electron chi connectivity index (χ2n) is 2.63. The van der Waals surface area contributed by atoms with Crippen LogP contribution < -0.4 is 0 Å². The molecule has 2 aromatic rings. The van der Waals surface area contributed by atoms with Crippen molar-refractivity contribution in [3.63, 3.8) is 0 Å². The van der Waals surface area contributed by atoms with Crippen molar-refractivity contribution < 1.29 is 4.39 Å². The lowest BCUT2D eigenvalue weighted by Gasteiger charge is -2.00. The Balaban J connectivity index is 2.29. The SMILES string of the molecule is Cn1nnnc1Sc1ncc(Br)cc1F. The average Bonchev–Trinajstić information content (AvgIpc) is 2.57. The van der Waals surface area contributed by atoms with Gasteiger partial charge in [0, 0.05) is 17.7 Å². The fraction of sp³-hybridized carbons (Fsp3) is 0.143. The number of hydrogen-bond donors (Lipinski definition) is 0. The van der Waals surface area contributed by atoms with E-state index in [-0.39, 0.29) is 5.03 Å². The summed E-state index contributed by atoms with van der Waals surface area (Å²) in [7, 11) is 1.68. The molecule has 2 heterocycles. The van der Waals surface area contributed by atoms with Crippen molar-refractivity contribution >= 4 is 27.7 Å². The average molecular weight is 290 g/mol. The number of aryl methyl sites for hydroxylation is 1. The van der Waals surface area contributed by atoms with Crippen LogP contribution >= 0.6 is 27.7 Å². The number of tetrazole rings is 1. The maximum absolute atomic E-state index is 13.4. The molecule has 0 fully saturated rings. The molecule has 0 aliphatic carbocycles. The van der Waals surface area contributed by atoms with Gasteiger partial charge < -0.3 is 0 Å². The quantitative estimate of drug-likeness (QED) is 0.842. The number of hydrogen-bond acceptors (Lipinski definition) is 5. The van der Waals surface area contributed by atoms with E-state index in [0.717, 1.165) is 11.8 Å². The Morgan fingerprint density at radius 3 is 2.93 bits per heavy atom. The topological polar surface area (TPSA) is 56.5 Å². The molecule has 5 nitrogen and oxygen atoms in total. The highest BCUT2D eigenvalue weighted by atomic mass is 79.9. The van der Waals surface area contributed by atoms with Gasteiger partial charge in [0.15, 0.2) is 5.82 Å². The maximum Gasteiger partial charge on any atom is 0.215 e. The Morgan fingerprint density at radius 1 is 1.53 bits per heavy atom. The molecule has 78 valence electrons. The minimum atomic E-state index is -0.405. The summed E-state index contributed by atoms with van der Waals surface area (Å²) in [6.07, 6.45) is 1.52. The zero-order valence-corrected chi connectivity index (χ0v) is 9.96. The molecule has 0 N–H and O–H groups in total. The van der Waals surface area contributed by atoms with E-state index in [9.17, 15) is 4.39 Å². The molecule has 0 bridgehead atoms. The molecule has 0 saturated heterocycles. The summed E-state index contributed by atoms with van der Waals surface area (Å²) in [4.78, 5) is 3.93. The minimum absolute atomic E-state index is 0.246. The normalized spacial score (nSPS) is 10.6. The molecule has 0 unspecified atom stereocenters. The zero-order chi connectivity index (χ0) is 10.8. The van der Waals surface area contributed by atoms with Gasteiger partial charge in [-0.3, -0.25) is 0 Å². The third-order valence-electron chi connectivity index (χ3n) is 1.54. The number of nitrogens with zero attached hydrogens (tertiary/aromatic N) is 5. The summed E-state index contributed by atoms with van der Waals surface area (Å²) in [6, 6.07) is 1.35. The molecule has 15 heavy (non-hydrogen) atoms. The fourth-order valence-electron chi connectivity index (χ4n) is 0.871. The fourth-order valence-corrected chi connectivity index (χ4v) is 1.86. The summed E-state index contributed by atoms with van der Waals surface area (Å²) in [5.41, 5.74) is 0. The van der Waals surface area contributed by atoms with E-state index in [4.69, 9.17) is 0 Å². The van der Waals surface area contributed by atoms with Crippen LogP contribution in [-0.4, -0.2) is 25.2 Å². The monoisotopic (exact) mass is 289 g/mol. The van der Waals surface area contributed by atoms with Crippen LogP contribution in [0.5, 0.6) is 0 Å². The van der Waals surface area contributed by atoms with E-state index in [1.807, 2.05) is 0 Å². The van der Waals surface area contributed by atoms with Gasteiger partial charge in [0.1, 0.15) is 5.03 Å². The minimum Gasteiger partial charge on any atom is -0.245 e. The van der Waals surface area contributed by atoms with Crippen molar-refractivity contribution in [1.29, 1.82) is 0 Å². The van der Waals surface area contributed by atoms with Crippen LogP contribution in [-0.2, 0) is 7.05 Å². The first kappa shape index (κ1) is 10.5. The number of pyridine rings is 1. The number of rotatable bonds is 2. The Hall–Kier alpha value is -1.02. The molecular weight excluding hydrogens is 285 g/mol. The molecule has 2 rings (SSSR count). The van der Waals surface area contributed by atoms with E-state index in [0.29, 0.717) is 9.63 Å². The molecule has 2 aromatic heterocycles. The van der Waals surface area contributed by atoms with Crippen molar-refractivity contribution in [2.75, 3.05) is 0 Å². The van der Waals surface area contributed by atoms with Gasteiger partial charge in [-0.2, -0.15) is 0 Å². The lowest BCUT2D eigenvalue weighted by molar-refractivity contribution is 0.585. The van der Waals surface area contributed by atoms with E-state index >= 15 is 0 Å². The summed E-state index contributed by atoms with van der Waals surface area (Å²) in [6.45, 7) is 0. The first-order chi connectivity index (χ1) is 7.16. The van der Waals surface area contributed by atoms with Gasteiger partial charge in [0.2, 0.25) is 5.16 Å². The second-order valence-corrected chi connectivity index (χ2v) is 4.50. The molecule has 0 aromatic carbocycles. The highest BCUT2D eigenvalue weighted by molar-refractivity contribution is 9.10. The van der Waals surface area contributed by atoms with Crippen LogP contribution in [0.4, 0.5) is 4.39 Å². The van der Waals surface area contributed by atoms with Crippen LogP contribution in [0.3, 0.4) is 0 Å². The molecule has 0 radical (unpaired) electrons. The smallest absolute Gasteiger partial charge is 0.215 e. The Kier molecular flexibility index (Phi) is 2.96. The third kappa shape index (κ3) is 2.32. The summed E-state index contributed by atoms with van der Waals surface area (Å²) in [5, 5.41) is 11.5. The van der Waals surface area contributed by atoms with E-state index in [1.54, 1.807) is 7.05 Å². The molecule has 0 amide bonds. The van der Waals surface area contributed by atoms with Gasteiger partial charge in [0.25, 0.3) is 0 Å². The Bertz CT molecular complexity index is 488. The number of halogens is 2. The summed E-state index contributed by atoms with van der Waals surface area (Å²) < 4.78 is 15.4. The van der Waals surface area contributed by atoms with Crippen molar-refractivity contribution in [2.45, 2.75) is 10.2 Å². The molecule has 0 spiro atoms. The second kappa shape index (κ2) is 4.23. The summed E-state index contributed by atoms with van der Waals surface area (Å²) in [5.74, 6) is -0.405. The van der Waals surface area contributed by atoms with Crippen molar-refractivity contribution in [2.24, 2.45) is 7.05 Å². The highest BCUT2D eigenvalue weighted by Crippen LogP contribution is 2.26. The highest BCUT2D eigenvalue weighted by Gasteiger charge is 2.10. The van der Waals surface area contributed by atoms with Gasteiger partial charge >= 0.3 is 0 Å². The molecule has 0 aliphatic rings. The molecule has 0 atom stereocenters. The van der Waals surface area contributed by atoms with E-state index in [2.05, 4.69) is 36.4 Å². The van der Waals surface area contributed by atoms with Gasteiger partial charge in [-0.05, 0) is 44.2 Å². The number of aromatic nitrogens is 5. The molecule has 0 saturated carbocycles. The van der Waals surface area contributed by atoms with Crippen LogP contribution in [0, 0.1) is 5.82 Å².